The molecular formula is C14H18N2O3. The molecule has 0 aromatic heterocycles. The number of hydrazine groups is 1. The fourth-order valence-corrected chi connectivity index (χ4v) is 2.21. The summed E-state index contributed by atoms with van der Waals surface area (Å²) in [6, 6.07) is 9.27. The predicted octanol–water partition coefficient (Wildman–Crippen LogP) is 1.02. The van der Waals surface area contributed by atoms with Crippen molar-refractivity contribution in [2.75, 3.05) is 5.43 Å². The number of amides is 1. The summed E-state index contributed by atoms with van der Waals surface area (Å²) in [5, 5.41) is 18.6. The maximum atomic E-state index is 12.1. The number of aliphatic hydroxyl groups excluding tert-OH is 1. The average Bonchev–Trinajstić information content (AvgIpc) is 2.46. The van der Waals surface area contributed by atoms with Crippen LogP contribution >= 0.6 is 0 Å². The fourth-order valence-electron chi connectivity index (χ4n) is 2.21. The van der Waals surface area contributed by atoms with Crippen molar-refractivity contribution in [2.24, 2.45) is 11.8 Å². The van der Waals surface area contributed by atoms with Crippen LogP contribution in [0.5, 0.6) is 0 Å². The molecule has 0 spiro atoms. The number of carbonyl (C=O) groups is 1. The van der Waals surface area contributed by atoms with Crippen LogP contribution < -0.4 is 10.9 Å². The van der Waals surface area contributed by atoms with Crippen LogP contribution in [0, 0.1) is 11.8 Å². The van der Waals surface area contributed by atoms with Gasteiger partial charge in [0, 0.05) is 5.92 Å². The van der Waals surface area contributed by atoms with Gasteiger partial charge in [0.25, 0.3) is 0 Å². The molecule has 0 heterocycles. The van der Waals surface area contributed by atoms with Crippen molar-refractivity contribution >= 4 is 11.6 Å². The van der Waals surface area contributed by atoms with Crippen LogP contribution in [-0.4, -0.2) is 22.4 Å². The number of aliphatic hydroxyl groups is 2. The molecule has 1 aromatic rings. The topological polar surface area (TPSA) is 81.6 Å². The third kappa shape index (κ3) is 3.56. The minimum absolute atomic E-state index is 0.230. The van der Waals surface area contributed by atoms with Gasteiger partial charge in [-0.05, 0) is 25.0 Å². The van der Waals surface area contributed by atoms with E-state index in [1.807, 2.05) is 42.5 Å². The first-order valence-corrected chi connectivity index (χ1v) is 6.30. The van der Waals surface area contributed by atoms with E-state index in [0.29, 0.717) is 12.8 Å². The number of hydrogen-bond acceptors (Lipinski definition) is 4. The lowest BCUT2D eigenvalue weighted by molar-refractivity contribution is -0.138. The third-order valence-electron chi connectivity index (χ3n) is 3.31. The molecule has 102 valence electrons. The average molecular weight is 262 g/mol. The molecule has 5 nitrogen and oxygen atoms in total. The van der Waals surface area contributed by atoms with Gasteiger partial charge in [0.1, 0.15) is 0 Å². The van der Waals surface area contributed by atoms with Crippen molar-refractivity contribution in [3.63, 3.8) is 0 Å². The second-order valence-corrected chi connectivity index (χ2v) is 4.61. The zero-order chi connectivity index (χ0) is 13.7. The Labute approximate surface area is 111 Å². The number of anilines is 1. The van der Waals surface area contributed by atoms with Crippen LogP contribution in [0.3, 0.4) is 0 Å². The molecule has 0 radical (unpaired) electrons. The highest BCUT2D eigenvalue weighted by Crippen LogP contribution is 2.27. The quantitative estimate of drug-likeness (QED) is 0.371. The first-order valence-electron chi connectivity index (χ1n) is 6.30. The number of allylic oxidation sites excluding steroid dienone is 2. The van der Waals surface area contributed by atoms with E-state index in [-0.39, 0.29) is 5.91 Å². The van der Waals surface area contributed by atoms with Gasteiger partial charge in [-0.15, -0.1) is 0 Å². The molecule has 1 aromatic carbocycles. The molecule has 2 atom stereocenters. The van der Waals surface area contributed by atoms with Crippen LogP contribution in [0.4, 0.5) is 5.69 Å². The minimum Gasteiger partial charge on any atom is -0.368 e. The molecule has 19 heavy (non-hydrogen) atoms. The molecule has 2 rings (SSSR count). The number of rotatable bonds is 4. The Bertz CT molecular complexity index is 445. The van der Waals surface area contributed by atoms with Crippen molar-refractivity contribution < 1.29 is 15.0 Å². The van der Waals surface area contributed by atoms with E-state index in [9.17, 15) is 15.0 Å². The first-order chi connectivity index (χ1) is 9.18. The second kappa shape index (κ2) is 6.36. The van der Waals surface area contributed by atoms with Crippen molar-refractivity contribution in [3.8, 4) is 0 Å². The smallest absolute Gasteiger partial charge is 0.242 e. The SMILES string of the molecule is O=C(NNc1ccccc1)C1CC=CCC1C(O)O. The van der Waals surface area contributed by atoms with E-state index < -0.39 is 18.1 Å². The number of carbonyl (C=O) groups excluding carboxylic acids is 1. The van der Waals surface area contributed by atoms with Crippen LogP contribution in [0.15, 0.2) is 42.5 Å². The van der Waals surface area contributed by atoms with Gasteiger partial charge < -0.3 is 10.2 Å². The molecule has 0 saturated carbocycles. The standard InChI is InChI=1S/C14H18N2O3/c17-13(16-15-10-6-2-1-3-7-10)11-8-4-5-9-12(11)14(18)19/h1-7,11-12,14-15,18-19H,8-9H2,(H,16,17). The van der Waals surface area contributed by atoms with Gasteiger partial charge in [0.05, 0.1) is 11.6 Å². The molecule has 1 amide bonds. The zero-order valence-corrected chi connectivity index (χ0v) is 10.5. The summed E-state index contributed by atoms with van der Waals surface area (Å²) in [5.41, 5.74) is 6.20. The summed E-state index contributed by atoms with van der Waals surface area (Å²) in [4.78, 5) is 12.1. The Morgan fingerprint density at radius 2 is 1.84 bits per heavy atom. The minimum atomic E-state index is -1.47. The van der Waals surface area contributed by atoms with Crippen LogP contribution in [0.1, 0.15) is 12.8 Å². The van der Waals surface area contributed by atoms with Gasteiger partial charge >= 0.3 is 0 Å². The van der Waals surface area contributed by atoms with Gasteiger partial charge in [-0.3, -0.25) is 15.6 Å². The van der Waals surface area contributed by atoms with Gasteiger partial charge in [0.15, 0.2) is 6.29 Å². The molecule has 5 heteroatoms. The number of benzene rings is 1. The molecule has 0 aliphatic heterocycles. The normalized spacial score (nSPS) is 22.3. The molecule has 1 aliphatic carbocycles. The van der Waals surface area contributed by atoms with Crippen LogP contribution in [-0.2, 0) is 4.79 Å². The predicted molar refractivity (Wildman–Crippen MR) is 71.8 cm³/mol. The molecule has 1 aliphatic rings. The lowest BCUT2D eigenvalue weighted by Crippen LogP contribution is -2.42. The largest absolute Gasteiger partial charge is 0.368 e. The Kier molecular flexibility index (Phi) is 4.54. The number of para-hydroxylation sites is 1. The van der Waals surface area contributed by atoms with Crippen molar-refractivity contribution in [1.82, 2.24) is 5.43 Å². The molecule has 0 fully saturated rings. The molecular weight excluding hydrogens is 244 g/mol. The van der Waals surface area contributed by atoms with E-state index >= 15 is 0 Å². The van der Waals surface area contributed by atoms with Gasteiger partial charge in [0.2, 0.25) is 5.91 Å². The molecule has 2 unspecified atom stereocenters. The van der Waals surface area contributed by atoms with Crippen LogP contribution in [0.25, 0.3) is 0 Å². The monoisotopic (exact) mass is 262 g/mol. The van der Waals surface area contributed by atoms with E-state index in [1.54, 1.807) is 0 Å². The van der Waals surface area contributed by atoms with E-state index in [4.69, 9.17) is 0 Å². The van der Waals surface area contributed by atoms with Gasteiger partial charge in [-0.1, -0.05) is 30.4 Å². The summed E-state index contributed by atoms with van der Waals surface area (Å²) >= 11 is 0. The number of nitrogens with one attached hydrogen (secondary N) is 2. The fraction of sp³-hybridized carbons (Fsp3) is 0.357. The van der Waals surface area contributed by atoms with E-state index in [0.717, 1.165) is 5.69 Å². The van der Waals surface area contributed by atoms with E-state index in [2.05, 4.69) is 10.9 Å². The molecule has 4 N–H and O–H groups in total. The summed E-state index contributed by atoms with van der Waals surface area (Å²) < 4.78 is 0. The lowest BCUT2D eigenvalue weighted by Gasteiger charge is -2.28. The number of hydrogen-bond donors (Lipinski definition) is 4. The highest BCUT2D eigenvalue weighted by molar-refractivity contribution is 5.80. The van der Waals surface area contributed by atoms with Crippen molar-refractivity contribution in [3.05, 3.63) is 42.5 Å². The maximum Gasteiger partial charge on any atom is 0.242 e. The Morgan fingerprint density at radius 1 is 1.16 bits per heavy atom. The van der Waals surface area contributed by atoms with Crippen molar-refractivity contribution in [1.29, 1.82) is 0 Å². The lowest BCUT2D eigenvalue weighted by atomic mass is 9.82. The second-order valence-electron chi connectivity index (χ2n) is 4.61. The molecule has 0 bridgehead atoms. The summed E-state index contributed by atoms with van der Waals surface area (Å²) in [6.45, 7) is 0. The highest BCUT2D eigenvalue weighted by atomic mass is 16.5. The zero-order valence-electron chi connectivity index (χ0n) is 10.5. The maximum absolute atomic E-state index is 12.1. The van der Waals surface area contributed by atoms with Crippen LogP contribution in [0.2, 0.25) is 0 Å². The first kappa shape index (κ1) is 13.6. The Hall–Kier alpha value is -1.85. The third-order valence-corrected chi connectivity index (χ3v) is 3.31. The Balaban J connectivity index is 1.93. The Morgan fingerprint density at radius 3 is 2.53 bits per heavy atom. The summed E-state index contributed by atoms with van der Waals surface area (Å²) in [7, 11) is 0. The van der Waals surface area contributed by atoms with Gasteiger partial charge in [-0.25, -0.2) is 0 Å². The van der Waals surface area contributed by atoms with Gasteiger partial charge in [-0.2, -0.15) is 0 Å². The van der Waals surface area contributed by atoms with E-state index in [1.165, 1.54) is 0 Å². The molecule has 0 saturated heterocycles. The highest BCUT2D eigenvalue weighted by Gasteiger charge is 2.32. The van der Waals surface area contributed by atoms with Crippen molar-refractivity contribution in [2.45, 2.75) is 19.1 Å². The summed E-state index contributed by atoms with van der Waals surface area (Å²) in [5.74, 6) is -1.12. The summed E-state index contributed by atoms with van der Waals surface area (Å²) in [6.07, 6.45) is 3.31.